The van der Waals surface area contributed by atoms with Gasteiger partial charge in [0.25, 0.3) is 5.91 Å². The van der Waals surface area contributed by atoms with Crippen LogP contribution in [0.15, 0.2) is 28.8 Å². The fourth-order valence-corrected chi connectivity index (χ4v) is 3.84. The van der Waals surface area contributed by atoms with Gasteiger partial charge in [-0.05, 0) is 40.7 Å². The monoisotopic (exact) mass is 457 g/mol. The van der Waals surface area contributed by atoms with E-state index in [1.165, 1.54) is 0 Å². The maximum atomic E-state index is 13.4. The van der Waals surface area contributed by atoms with Crippen molar-refractivity contribution in [3.63, 3.8) is 0 Å². The number of carbonyl (C=O) groups excluding carboxylic acids is 3. The lowest BCUT2D eigenvalue weighted by atomic mass is 9.84. The van der Waals surface area contributed by atoms with E-state index >= 15 is 0 Å². The number of amides is 4. The summed E-state index contributed by atoms with van der Waals surface area (Å²) in [6.07, 6.45) is -0.319. The molecule has 176 valence electrons. The molecule has 2 aliphatic rings. The Morgan fingerprint density at radius 1 is 1.24 bits per heavy atom. The lowest BCUT2D eigenvalue weighted by molar-refractivity contribution is -0.133. The van der Waals surface area contributed by atoms with Crippen molar-refractivity contribution in [1.82, 2.24) is 25.7 Å². The number of para-hydroxylation sites is 1. The van der Waals surface area contributed by atoms with Crippen molar-refractivity contribution < 1.29 is 28.4 Å². The van der Waals surface area contributed by atoms with Crippen molar-refractivity contribution in [1.29, 1.82) is 0 Å². The summed E-state index contributed by atoms with van der Waals surface area (Å²) >= 11 is 0. The highest BCUT2D eigenvalue weighted by Gasteiger charge is 2.55. The van der Waals surface area contributed by atoms with Gasteiger partial charge in [-0.15, -0.1) is 0 Å². The van der Waals surface area contributed by atoms with Gasteiger partial charge in [-0.3, -0.25) is 9.69 Å². The second-order valence-electron chi connectivity index (χ2n) is 9.59. The Morgan fingerprint density at radius 2 is 1.97 bits per heavy atom. The summed E-state index contributed by atoms with van der Waals surface area (Å²) < 4.78 is 16.2. The molecule has 33 heavy (non-hydrogen) atoms. The van der Waals surface area contributed by atoms with Crippen LogP contribution in [0.1, 0.15) is 58.3 Å². The van der Waals surface area contributed by atoms with Gasteiger partial charge in [0.1, 0.15) is 23.4 Å². The molecule has 0 saturated carbocycles. The highest BCUT2D eigenvalue weighted by Crippen LogP contribution is 2.41. The molecule has 1 unspecified atom stereocenters. The summed E-state index contributed by atoms with van der Waals surface area (Å²) in [6, 6.07) is 6.59. The largest absolute Gasteiger partial charge is 0.493 e. The number of benzene rings is 1. The first kappa shape index (κ1) is 22.6. The molecule has 1 atom stereocenters. The van der Waals surface area contributed by atoms with Gasteiger partial charge in [0.15, 0.2) is 11.4 Å². The van der Waals surface area contributed by atoms with Gasteiger partial charge in [-0.25, -0.2) is 9.59 Å². The number of urea groups is 1. The van der Waals surface area contributed by atoms with Crippen molar-refractivity contribution >= 4 is 18.0 Å². The quantitative estimate of drug-likeness (QED) is 0.669. The van der Waals surface area contributed by atoms with E-state index in [9.17, 15) is 14.4 Å². The summed E-state index contributed by atoms with van der Waals surface area (Å²) in [5.41, 5.74) is -2.25. The van der Waals surface area contributed by atoms with Crippen LogP contribution in [-0.2, 0) is 27.2 Å². The van der Waals surface area contributed by atoms with E-state index in [2.05, 4.69) is 20.8 Å². The number of ether oxygens (including phenoxy) is 2. The van der Waals surface area contributed by atoms with Crippen molar-refractivity contribution in [2.45, 2.75) is 64.3 Å². The lowest BCUT2D eigenvalue weighted by Gasteiger charge is -2.33. The molecule has 2 aromatic rings. The molecule has 1 spiro atoms. The normalized spacial score (nSPS) is 20.3. The van der Waals surface area contributed by atoms with Crippen LogP contribution >= 0.6 is 0 Å². The number of imide groups is 1. The van der Waals surface area contributed by atoms with Crippen molar-refractivity contribution in [2.24, 2.45) is 0 Å². The van der Waals surface area contributed by atoms with E-state index in [-0.39, 0.29) is 18.3 Å². The van der Waals surface area contributed by atoms with Crippen molar-refractivity contribution in [2.75, 3.05) is 6.61 Å². The molecule has 0 aliphatic carbocycles. The second kappa shape index (κ2) is 7.75. The van der Waals surface area contributed by atoms with Crippen LogP contribution in [0.5, 0.6) is 5.75 Å². The molecule has 1 saturated heterocycles. The van der Waals surface area contributed by atoms with Crippen LogP contribution < -0.4 is 15.4 Å². The fraction of sp³-hybridized carbons (Fsp3) is 0.500. The molecule has 1 aromatic carbocycles. The third-order valence-corrected chi connectivity index (χ3v) is 5.39. The van der Waals surface area contributed by atoms with Gasteiger partial charge >= 0.3 is 12.1 Å². The van der Waals surface area contributed by atoms with Crippen LogP contribution in [0.4, 0.5) is 9.59 Å². The third-order valence-electron chi connectivity index (χ3n) is 5.39. The van der Waals surface area contributed by atoms with Crippen molar-refractivity contribution in [3.05, 3.63) is 41.5 Å². The molecular formula is C22H27N5O6. The van der Waals surface area contributed by atoms with Gasteiger partial charge in [0, 0.05) is 12.0 Å². The number of alkyl carbamates (subject to hydrolysis) is 1. The Bertz CT molecular complexity index is 1100. The molecular weight excluding hydrogens is 430 g/mol. The Morgan fingerprint density at radius 3 is 2.70 bits per heavy atom. The summed E-state index contributed by atoms with van der Waals surface area (Å²) in [5, 5.41) is 9.44. The van der Waals surface area contributed by atoms with Crippen LogP contribution in [0.25, 0.3) is 0 Å². The average Bonchev–Trinajstić information content (AvgIpc) is 3.27. The zero-order chi connectivity index (χ0) is 24.0. The van der Waals surface area contributed by atoms with Crippen LogP contribution in [-0.4, -0.2) is 45.3 Å². The lowest BCUT2D eigenvalue weighted by Crippen LogP contribution is -2.47. The number of carbonyl (C=O) groups is 3. The van der Waals surface area contributed by atoms with Gasteiger partial charge in [-0.2, -0.15) is 4.98 Å². The Hall–Kier alpha value is -3.63. The van der Waals surface area contributed by atoms with E-state index in [0.29, 0.717) is 24.3 Å². The maximum Gasteiger partial charge on any atom is 0.408 e. The van der Waals surface area contributed by atoms with Crippen LogP contribution in [0.3, 0.4) is 0 Å². The van der Waals surface area contributed by atoms with E-state index in [1.54, 1.807) is 52.8 Å². The predicted molar refractivity (Wildman–Crippen MR) is 114 cm³/mol. The van der Waals surface area contributed by atoms with Crippen LogP contribution in [0.2, 0.25) is 0 Å². The topological polar surface area (TPSA) is 136 Å². The molecule has 1 aromatic heterocycles. The highest BCUT2D eigenvalue weighted by atomic mass is 16.6. The molecule has 0 bridgehead atoms. The van der Waals surface area contributed by atoms with E-state index in [0.717, 1.165) is 4.90 Å². The zero-order valence-electron chi connectivity index (χ0n) is 19.2. The van der Waals surface area contributed by atoms with Gasteiger partial charge < -0.3 is 24.6 Å². The summed E-state index contributed by atoms with van der Waals surface area (Å²) in [7, 11) is 0. The molecule has 4 rings (SSSR count). The predicted octanol–water partition coefficient (Wildman–Crippen LogP) is 2.56. The molecule has 2 aliphatic heterocycles. The van der Waals surface area contributed by atoms with Gasteiger partial charge in [0.2, 0.25) is 5.89 Å². The number of aromatic nitrogens is 2. The molecule has 11 heteroatoms. The van der Waals surface area contributed by atoms with Crippen LogP contribution in [0, 0.1) is 0 Å². The van der Waals surface area contributed by atoms with Gasteiger partial charge in [-0.1, -0.05) is 23.4 Å². The third kappa shape index (κ3) is 4.22. The number of nitrogens with zero attached hydrogens (tertiary/aromatic N) is 3. The Balaban J connectivity index is 1.50. The minimum absolute atomic E-state index is 0.0601. The first-order valence-electron chi connectivity index (χ1n) is 10.6. The average molecular weight is 457 g/mol. The number of nitrogens with one attached hydrogen (secondary N) is 2. The maximum absolute atomic E-state index is 13.4. The van der Waals surface area contributed by atoms with E-state index < -0.39 is 34.7 Å². The first-order valence-corrected chi connectivity index (χ1v) is 10.6. The SMILES string of the molecule is CC(C)(C)OC(=O)NC(C)(C)c1noc(CN2C(=O)NC3(CCOc4ccccc43)C2=O)n1. The standard InChI is InChI=1S/C22H27N5O6/c1-20(2,3)32-19(30)25-21(4,5)16-23-15(33-26-16)12-27-17(28)22(24-18(27)29)10-11-31-14-9-7-6-8-13(14)22/h6-9H,10-12H2,1-5H3,(H,24,29)(H,25,30). The summed E-state index contributed by atoms with van der Waals surface area (Å²) in [5.74, 6) is 0.398. The molecule has 0 radical (unpaired) electrons. The first-order chi connectivity index (χ1) is 15.4. The second-order valence-corrected chi connectivity index (χ2v) is 9.59. The van der Waals surface area contributed by atoms with E-state index in [1.807, 2.05) is 6.07 Å². The number of hydrogen-bond acceptors (Lipinski definition) is 8. The number of fused-ring (bicyclic) bond motifs is 2. The number of hydrogen-bond donors (Lipinski definition) is 2. The highest BCUT2D eigenvalue weighted by molar-refractivity contribution is 6.07. The summed E-state index contributed by atoms with van der Waals surface area (Å²) in [4.78, 5) is 43.6. The molecule has 3 heterocycles. The molecule has 2 N–H and O–H groups in total. The fourth-order valence-electron chi connectivity index (χ4n) is 3.84. The minimum atomic E-state index is -1.19. The van der Waals surface area contributed by atoms with Gasteiger partial charge in [0.05, 0.1) is 6.61 Å². The molecule has 4 amide bonds. The molecule has 1 fully saturated rings. The minimum Gasteiger partial charge on any atom is -0.493 e. The Kier molecular flexibility index (Phi) is 5.30. The zero-order valence-corrected chi connectivity index (χ0v) is 19.2. The number of rotatable bonds is 4. The molecule has 11 nitrogen and oxygen atoms in total. The smallest absolute Gasteiger partial charge is 0.408 e. The summed E-state index contributed by atoms with van der Waals surface area (Å²) in [6.45, 7) is 8.74. The van der Waals surface area contributed by atoms with E-state index in [4.69, 9.17) is 14.0 Å². The van der Waals surface area contributed by atoms with Crippen molar-refractivity contribution in [3.8, 4) is 5.75 Å². The Labute approximate surface area is 190 Å².